The average molecular weight is 439 g/mol. The lowest BCUT2D eigenvalue weighted by Crippen LogP contribution is -2.22. The van der Waals surface area contributed by atoms with Crippen LogP contribution >= 0.6 is 0 Å². The molecule has 0 saturated carbocycles. The fourth-order valence-electron chi connectivity index (χ4n) is 3.34. The molecule has 0 aliphatic rings. The Morgan fingerprint density at radius 2 is 1.94 bits per heavy atom. The van der Waals surface area contributed by atoms with Crippen molar-refractivity contribution in [1.82, 2.24) is 15.3 Å². The normalized spacial score (nSPS) is 11.5. The van der Waals surface area contributed by atoms with Crippen LogP contribution in [0.1, 0.15) is 28.5 Å². The minimum Gasteiger partial charge on any atom is -0.494 e. The highest BCUT2D eigenvalue weighted by Gasteiger charge is 2.32. The summed E-state index contributed by atoms with van der Waals surface area (Å²) in [7, 11) is 0. The quantitative estimate of drug-likeness (QED) is 0.412. The SMILES string of the molecule is CCOc1cccc(-c2ccc(C(=O)NCc3ccc4[nH]c(C(F)(F)F)cc4c3)cn2)c1. The number of nitrogens with zero attached hydrogens (tertiary/aromatic N) is 1. The Hall–Kier alpha value is -3.81. The van der Waals surface area contributed by atoms with E-state index in [0.717, 1.165) is 17.4 Å². The highest BCUT2D eigenvalue weighted by atomic mass is 19.4. The Kier molecular flexibility index (Phi) is 5.85. The van der Waals surface area contributed by atoms with E-state index in [9.17, 15) is 18.0 Å². The summed E-state index contributed by atoms with van der Waals surface area (Å²) < 4.78 is 44.1. The lowest BCUT2D eigenvalue weighted by Gasteiger charge is -2.08. The molecule has 2 heterocycles. The van der Waals surface area contributed by atoms with Gasteiger partial charge in [-0.25, -0.2) is 0 Å². The number of hydrogen-bond donors (Lipinski definition) is 2. The van der Waals surface area contributed by atoms with Gasteiger partial charge in [-0.15, -0.1) is 0 Å². The lowest BCUT2D eigenvalue weighted by atomic mass is 10.1. The predicted molar refractivity (Wildman–Crippen MR) is 115 cm³/mol. The monoisotopic (exact) mass is 439 g/mol. The van der Waals surface area contributed by atoms with Crippen LogP contribution in [0.3, 0.4) is 0 Å². The van der Waals surface area contributed by atoms with Crippen LogP contribution < -0.4 is 10.1 Å². The van der Waals surface area contributed by atoms with Crippen LogP contribution in [0.4, 0.5) is 13.2 Å². The fraction of sp³-hybridized carbons (Fsp3) is 0.167. The van der Waals surface area contributed by atoms with Crippen molar-refractivity contribution < 1.29 is 22.7 Å². The number of hydrogen-bond acceptors (Lipinski definition) is 3. The van der Waals surface area contributed by atoms with Gasteiger partial charge in [-0.1, -0.05) is 18.2 Å². The number of rotatable bonds is 6. The Morgan fingerprint density at radius 3 is 2.66 bits per heavy atom. The highest BCUT2D eigenvalue weighted by Crippen LogP contribution is 2.31. The van der Waals surface area contributed by atoms with E-state index in [-0.39, 0.29) is 12.5 Å². The number of ether oxygens (including phenoxy) is 1. The van der Waals surface area contributed by atoms with E-state index in [0.29, 0.717) is 34.3 Å². The molecule has 164 valence electrons. The van der Waals surface area contributed by atoms with Gasteiger partial charge in [-0.3, -0.25) is 9.78 Å². The molecule has 0 spiro atoms. The van der Waals surface area contributed by atoms with Gasteiger partial charge in [0.25, 0.3) is 5.91 Å². The van der Waals surface area contributed by atoms with Crippen LogP contribution in [0.2, 0.25) is 0 Å². The number of carbonyl (C=O) groups is 1. The molecule has 2 N–H and O–H groups in total. The van der Waals surface area contributed by atoms with Crippen molar-refractivity contribution in [1.29, 1.82) is 0 Å². The van der Waals surface area contributed by atoms with Crippen molar-refractivity contribution >= 4 is 16.8 Å². The first-order chi connectivity index (χ1) is 15.3. The van der Waals surface area contributed by atoms with Crippen molar-refractivity contribution in [3.8, 4) is 17.0 Å². The molecule has 4 rings (SSSR count). The molecule has 0 radical (unpaired) electrons. The number of pyridine rings is 1. The van der Waals surface area contributed by atoms with Gasteiger partial charge in [0.2, 0.25) is 0 Å². The van der Waals surface area contributed by atoms with E-state index >= 15 is 0 Å². The molecular formula is C24H20F3N3O2. The number of benzene rings is 2. The predicted octanol–water partition coefficient (Wildman–Crippen LogP) is 5.58. The minimum absolute atomic E-state index is 0.180. The molecule has 0 saturated heterocycles. The van der Waals surface area contributed by atoms with Crippen molar-refractivity contribution in [2.45, 2.75) is 19.6 Å². The molecule has 0 aliphatic heterocycles. The van der Waals surface area contributed by atoms with Crippen LogP contribution in [0.25, 0.3) is 22.2 Å². The van der Waals surface area contributed by atoms with Crippen molar-refractivity contribution in [2.24, 2.45) is 0 Å². The average Bonchev–Trinajstić information content (AvgIpc) is 3.22. The van der Waals surface area contributed by atoms with E-state index in [1.165, 1.54) is 6.20 Å². The number of fused-ring (bicyclic) bond motifs is 1. The van der Waals surface area contributed by atoms with Gasteiger partial charge < -0.3 is 15.0 Å². The van der Waals surface area contributed by atoms with Crippen LogP contribution in [-0.2, 0) is 12.7 Å². The Labute approximate surface area is 182 Å². The summed E-state index contributed by atoms with van der Waals surface area (Å²) in [6, 6.07) is 16.9. The van der Waals surface area contributed by atoms with Gasteiger partial charge in [0.05, 0.1) is 17.9 Å². The lowest BCUT2D eigenvalue weighted by molar-refractivity contribution is -0.140. The molecule has 2 aromatic carbocycles. The Balaban J connectivity index is 1.42. The summed E-state index contributed by atoms with van der Waals surface area (Å²) in [6.07, 6.45) is -2.94. The van der Waals surface area contributed by atoms with E-state index in [4.69, 9.17) is 4.74 Å². The van der Waals surface area contributed by atoms with Crippen molar-refractivity contribution in [3.05, 3.63) is 83.7 Å². The highest BCUT2D eigenvalue weighted by molar-refractivity contribution is 5.94. The largest absolute Gasteiger partial charge is 0.494 e. The van der Waals surface area contributed by atoms with Gasteiger partial charge in [0.15, 0.2) is 0 Å². The molecule has 0 fully saturated rings. The number of aromatic nitrogens is 2. The van der Waals surface area contributed by atoms with Gasteiger partial charge in [-0.05, 0) is 55.0 Å². The molecule has 1 amide bonds. The molecule has 32 heavy (non-hydrogen) atoms. The third-order valence-corrected chi connectivity index (χ3v) is 4.91. The third kappa shape index (κ3) is 4.74. The van der Waals surface area contributed by atoms with E-state index in [1.54, 1.807) is 30.3 Å². The summed E-state index contributed by atoms with van der Waals surface area (Å²) in [5, 5.41) is 3.21. The summed E-state index contributed by atoms with van der Waals surface area (Å²) in [5.74, 6) is 0.424. The smallest absolute Gasteiger partial charge is 0.431 e. The maximum absolute atomic E-state index is 12.9. The molecule has 0 bridgehead atoms. The molecule has 0 unspecified atom stereocenters. The van der Waals surface area contributed by atoms with Crippen LogP contribution in [0, 0.1) is 0 Å². The zero-order chi connectivity index (χ0) is 22.7. The second-order valence-electron chi connectivity index (χ2n) is 7.18. The minimum atomic E-state index is -4.43. The second kappa shape index (κ2) is 8.74. The van der Waals surface area contributed by atoms with Crippen LogP contribution in [0.15, 0.2) is 66.9 Å². The number of nitrogens with one attached hydrogen (secondary N) is 2. The molecule has 2 aromatic heterocycles. The number of carbonyl (C=O) groups excluding carboxylic acids is 1. The molecule has 4 aromatic rings. The Bertz CT molecular complexity index is 1250. The van der Waals surface area contributed by atoms with Gasteiger partial charge >= 0.3 is 6.18 Å². The van der Waals surface area contributed by atoms with E-state index < -0.39 is 11.9 Å². The first-order valence-corrected chi connectivity index (χ1v) is 10.00. The zero-order valence-electron chi connectivity index (χ0n) is 17.2. The summed E-state index contributed by atoms with van der Waals surface area (Å²) in [6.45, 7) is 2.66. The molecule has 0 atom stereocenters. The fourth-order valence-corrected chi connectivity index (χ4v) is 3.34. The second-order valence-corrected chi connectivity index (χ2v) is 7.18. The standard InChI is InChI=1S/C24H20F3N3O2/c1-2-32-19-5-3-4-16(11-19)20-9-7-17(14-28-20)23(31)29-13-15-6-8-21-18(10-15)12-22(30-21)24(25,26)27/h3-12,14,30H,2,13H2,1H3,(H,29,31). The molecular weight excluding hydrogens is 419 g/mol. The third-order valence-electron chi connectivity index (χ3n) is 4.91. The maximum Gasteiger partial charge on any atom is 0.431 e. The summed E-state index contributed by atoms with van der Waals surface area (Å²) >= 11 is 0. The maximum atomic E-state index is 12.9. The van der Waals surface area contributed by atoms with E-state index in [2.05, 4.69) is 15.3 Å². The van der Waals surface area contributed by atoms with Gasteiger partial charge in [-0.2, -0.15) is 13.2 Å². The summed E-state index contributed by atoms with van der Waals surface area (Å²) in [5.41, 5.74) is 2.25. The molecule has 0 aliphatic carbocycles. The first kappa shape index (κ1) is 21.4. The first-order valence-electron chi connectivity index (χ1n) is 10.00. The number of halogens is 3. The summed E-state index contributed by atoms with van der Waals surface area (Å²) in [4.78, 5) is 19.2. The van der Waals surface area contributed by atoms with Crippen LogP contribution in [0.5, 0.6) is 5.75 Å². The molecule has 5 nitrogen and oxygen atoms in total. The van der Waals surface area contributed by atoms with Crippen LogP contribution in [-0.4, -0.2) is 22.5 Å². The Morgan fingerprint density at radius 1 is 1.09 bits per heavy atom. The number of alkyl halides is 3. The zero-order valence-corrected chi connectivity index (χ0v) is 17.2. The van der Waals surface area contributed by atoms with Gasteiger partial charge in [0.1, 0.15) is 11.4 Å². The number of H-pyrrole nitrogens is 1. The number of amides is 1. The number of aromatic amines is 1. The van der Waals surface area contributed by atoms with E-state index in [1.807, 2.05) is 31.2 Å². The van der Waals surface area contributed by atoms with Crippen molar-refractivity contribution in [2.75, 3.05) is 6.61 Å². The van der Waals surface area contributed by atoms with Gasteiger partial charge in [0, 0.05) is 29.2 Å². The topological polar surface area (TPSA) is 67.0 Å². The van der Waals surface area contributed by atoms with Crippen molar-refractivity contribution in [3.63, 3.8) is 0 Å². The molecule has 8 heteroatoms.